The lowest BCUT2D eigenvalue weighted by Gasteiger charge is -2.20. The van der Waals surface area contributed by atoms with Crippen molar-refractivity contribution in [2.75, 3.05) is 26.9 Å². The van der Waals surface area contributed by atoms with Crippen LogP contribution in [0.15, 0.2) is 24.3 Å². The first kappa shape index (κ1) is 12.1. The van der Waals surface area contributed by atoms with Crippen LogP contribution in [0.4, 0.5) is 4.39 Å². The average Bonchev–Trinajstić information content (AvgIpc) is 2.38. The van der Waals surface area contributed by atoms with Crippen molar-refractivity contribution in [1.82, 2.24) is 5.32 Å². The number of nitrogens with one attached hydrogen (secondary N) is 1. The minimum atomic E-state index is -0.280. The Kier molecular flexibility index (Phi) is 4.12. The van der Waals surface area contributed by atoms with Crippen LogP contribution in [0.3, 0.4) is 0 Å². The van der Waals surface area contributed by atoms with E-state index in [1.165, 1.54) is 13.2 Å². The lowest BCUT2D eigenvalue weighted by atomic mass is 10.1. The summed E-state index contributed by atoms with van der Waals surface area (Å²) in [6.07, 6.45) is 3.64. The highest BCUT2D eigenvalue weighted by atomic mass is 19.1. The molecule has 0 amide bonds. The average molecular weight is 237 g/mol. The van der Waals surface area contributed by atoms with Gasteiger partial charge in [-0.3, -0.25) is 0 Å². The first-order chi connectivity index (χ1) is 8.31. The van der Waals surface area contributed by atoms with Gasteiger partial charge in [0.15, 0.2) is 0 Å². The fourth-order valence-corrected chi connectivity index (χ4v) is 1.78. The predicted octanol–water partition coefficient (Wildman–Crippen LogP) is 1.84. The molecule has 1 unspecified atom stereocenters. The van der Waals surface area contributed by atoms with Crippen LogP contribution < -0.4 is 10.1 Å². The van der Waals surface area contributed by atoms with Crippen molar-refractivity contribution in [3.05, 3.63) is 35.7 Å². The van der Waals surface area contributed by atoms with Gasteiger partial charge < -0.3 is 14.8 Å². The van der Waals surface area contributed by atoms with E-state index in [4.69, 9.17) is 9.47 Å². The molecule has 4 heteroatoms. The zero-order valence-electron chi connectivity index (χ0n) is 9.78. The molecule has 1 heterocycles. The first-order valence-corrected chi connectivity index (χ1v) is 5.63. The van der Waals surface area contributed by atoms with Crippen LogP contribution in [-0.4, -0.2) is 32.9 Å². The molecule has 3 nitrogen and oxygen atoms in total. The number of morpholine rings is 1. The number of hydrogen-bond donors (Lipinski definition) is 1. The van der Waals surface area contributed by atoms with Gasteiger partial charge in [-0.1, -0.05) is 18.2 Å². The van der Waals surface area contributed by atoms with Gasteiger partial charge in [0.05, 0.1) is 25.9 Å². The summed E-state index contributed by atoms with van der Waals surface area (Å²) in [6.45, 7) is 2.17. The second-order valence-electron chi connectivity index (χ2n) is 3.85. The maximum Gasteiger partial charge on any atom is 0.134 e. The van der Waals surface area contributed by atoms with Crippen molar-refractivity contribution in [2.45, 2.75) is 6.04 Å². The second-order valence-corrected chi connectivity index (χ2v) is 3.85. The summed E-state index contributed by atoms with van der Waals surface area (Å²) in [5, 5.41) is 3.27. The van der Waals surface area contributed by atoms with E-state index in [2.05, 4.69) is 5.32 Å². The van der Waals surface area contributed by atoms with Crippen molar-refractivity contribution in [1.29, 1.82) is 0 Å². The van der Waals surface area contributed by atoms with E-state index in [-0.39, 0.29) is 11.9 Å². The molecule has 0 aliphatic carbocycles. The molecule has 0 saturated carbocycles. The van der Waals surface area contributed by atoms with E-state index in [0.717, 1.165) is 13.2 Å². The Labute approximate surface area is 100 Å². The van der Waals surface area contributed by atoms with E-state index in [1.54, 1.807) is 18.2 Å². The van der Waals surface area contributed by atoms with Crippen molar-refractivity contribution >= 4 is 6.08 Å². The smallest absolute Gasteiger partial charge is 0.134 e. The Hall–Kier alpha value is -1.39. The lowest BCUT2D eigenvalue weighted by Crippen LogP contribution is -2.39. The number of ether oxygens (including phenoxy) is 2. The van der Waals surface area contributed by atoms with Gasteiger partial charge in [-0.25, -0.2) is 4.39 Å². The van der Waals surface area contributed by atoms with Crippen LogP contribution >= 0.6 is 0 Å². The zero-order valence-corrected chi connectivity index (χ0v) is 9.78. The minimum absolute atomic E-state index is 0.132. The highest BCUT2D eigenvalue weighted by Crippen LogP contribution is 2.22. The van der Waals surface area contributed by atoms with Crippen LogP contribution in [0.1, 0.15) is 5.56 Å². The summed E-state index contributed by atoms with van der Waals surface area (Å²) < 4.78 is 24.1. The van der Waals surface area contributed by atoms with Crippen LogP contribution in [0.25, 0.3) is 6.08 Å². The largest absolute Gasteiger partial charge is 0.496 e. The van der Waals surface area contributed by atoms with Crippen LogP contribution in [-0.2, 0) is 4.74 Å². The standard InChI is InChI=1S/C13H16FNO2/c1-16-13-4-2-3-12(14)11(13)6-5-10-9-17-8-7-15-10/h2-6,10,15H,7-9H2,1H3/b6-5+. The molecular weight excluding hydrogens is 221 g/mol. The number of hydrogen-bond acceptors (Lipinski definition) is 3. The topological polar surface area (TPSA) is 30.5 Å². The van der Waals surface area contributed by atoms with Gasteiger partial charge in [0.2, 0.25) is 0 Å². The maximum absolute atomic E-state index is 13.6. The third-order valence-electron chi connectivity index (χ3n) is 2.68. The quantitative estimate of drug-likeness (QED) is 0.870. The zero-order chi connectivity index (χ0) is 12.1. The summed E-state index contributed by atoms with van der Waals surface area (Å²) in [6, 6.07) is 4.93. The van der Waals surface area contributed by atoms with Gasteiger partial charge in [0, 0.05) is 12.6 Å². The van der Waals surface area contributed by atoms with Gasteiger partial charge in [-0.05, 0) is 12.1 Å². The molecule has 1 fully saturated rings. The number of halogens is 1. The van der Waals surface area contributed by atoms with Crippen molar-refractivity contribution in [2.24, 2.45) is 0 Å². The molecule has 1 saturated heterocycles. The van der Waals surface area contributed by atoms with Gasteiger partial charge in [0.1, 0.15) is 11.6 Å². The first-order valence-electron chi connectivity index (χ1n) is 5.63. The summed E-state index contributed by atoms with van der Waals surface area (Å²) in [4.78, 5) is 0. The normalized spacial score (nSPS) is 20.7. The van der Waals surface area contributed by atoms with Gasteiger partial charge in [-0.2, -0.15) is 0 Å². The molecule has 1 aromatic rings. The summed E-state index contributed by atoms with van der Waals surface area (Å²) in [5.74, 6) is 0.260. The molecule has 1 aliphatic heterocycles. The van der Waals surface area contributed by atoms with E-state index < -0.39 is 0 Å². The molecule has 2 rings (SSSR count). The lowest BCUT2D eigenvalue weighted by molar-refractivity contribution is 0.0903. The molecule has 0 bridgehead atoms. The Bertz CT molecular complexity index is 400. The van der Waals surface area contributed by atoms with Crippen LogP contribution in [0.2, 0.25) is 0 Å². The molecule has 0 aromatic heterocycles. The molecule has 17 heavy (non-hydrogen) atoms. The SMILES string of the molecule is COc1cccc(F)c1/C=C/C1COCCN1. The Morgan fingerprint density at radius 1 is 1.53 bits per heavy atom. The Morgan fingerprint density at radius 3 is 3.12 bits per heavy atom. The molecule has 1 N–H and O–H groups in total. The molecule has 92 valence electrons. The molecule has 0 spiro atoms. The summed E-state index contributed by atoms with van der Waals surface area (Å²) >= 11 is 0. The van der Waals surface area contributed by atoms with Gasteiger partial charge in [-0.15, -0.1) is 0 Å². The van der Waals surface area contributed by atoms with Gasteiger partial charge in [0.25, 0.3) is 0 Å². The maximum atomic E-state index is 13.6. The predicted molar refractivity (Wildman–Crippen MR) is 64.6 cm³/mol. The van der Waals surface area contributed by atoms with Crippen molar-refractivity contribution < 1.29 is 13.9 Å². The molecule has 0 radical (unpaired) electrons. The monoisotopic (exact) mass is 237 g/mol. The third-order valence-corrected chi connectivity index (χ3v) is 2.68. The second kappa shape index (κ2) is 5.80. The number of methoxy groups -OCH3 is 1. The van der Waals surface area contributed by atoms with E-state index >= 15 is 0 Å². The molecule has 1 atom stereocenters. The minimum Gasteiger partial charge on any atom is -0.496 e. The summed E-state index contributed by atoms with van der Waals surface area (Å²) in [7, 11) is 1.54. The van der Waals surface area contributed by atoms with Crippen LogP contribution in [0.5, 0.6) is 5.75 Å². The van der Waals surface area contributed by atoms with Crippen LogP contribution in [0, 0.1) is 5.82 Å². The van der Waals surface area contributed by atoms with E-state index in [1.807, 2.05) is 6.08 Å². The van der Waals surface area contributed by atoms with E-state index in [9.17, 15) is 4.39 Å². The third kappa shape index (κ3) is 3.05. The number of rotatable bonds is 3. The molecule has 1 aliphatic rings. The molecular formula is C13H16FNO2. The van der Waals surface area contributed by atoms with Crippen molar-refractivity contribution in [3.8, 4) is 5.75 Å². The summed E-state index contributed by atoms with van der Waals surface area (Å²) in [5.41, 5.74) is 0.474. The Morgan fingerprint density at radius 2 is 2.41 bits per heavy atom. The van der Waals surface area contributed by atoms with E-state index in [0.29, 0.717) is 17.9 Å². The number of benzene rings is 1. The van der Waals surface area contributed by atoms with Gasteiger partial charge >= 0.3 is 0 Å². The molecule has 1 aromatic carbocycles. The fraction of sp³-hybridized carbons (Fsp3) is 0.385. The highest BCUT2D eigenvalue weighted by Gasteiger charge is 2.10. The van der Waals surface area contributed by atoms with Crippen molar-refractivity contribution in [3.63, 3.8) is 0 Å². The Balaban J connectivity index is 2.13. The fourth-order valence-electron chi connectivity index (χ4n) is 1.78. The highest BCUT2D eigenvalue weighted by molar-refractivity contribution is 5.58.